The first-order valence-electron chi connectivity index (χ1n) is 12.1. The van der Waals surface area contributed by atoms with Crippen molar-refractivity contribution in [2.24, 2.45) is 18.0 Å². The minimum atomic E-state index is -0.112. The summed E-state index contributed by atoms with van der Waals surface area (Å²) in [6.45, 7) is 8.74. The normalized spacial score (nSPS) is 20.2. The van der Waals surface area contributed by atoms with E-state index in [1.54, 1.807) is 0 Å². The van der Waals surface area contributed by atoms with Crippen molar-refractivity contribution >= 4 is 29.9 Å². The molecule has 0 spiro atoms. The van der Waals surface area contributed by atoms with Crippen LogP contribution in [0.25, 0.3) is 0 Å². The highest BCUT2D eigenvalue weighted by Gasteiger charge is 2.25. The number of guanidine groups is 1. The average Bonchev–Trinajstić information content (AvgIpc) is 3.43. The highest BCUT2D eigenvalue weighted by molar-refractivity contribution is 14.0. The summed E-state index contributed by atoms with van der Waals surface area (Å²) >= 11 is 0. The van der Waals surface area contributed by atoms with Crippen molar-refractivity contribution in [3.8, 4) is 0 Å². The van der Waals surface area contributed by atoms with E-state index < -0.39 is 0 Å². The third-order valence-corrected chi connectivity index (χ3v) is 6.60. The Bertz CT molecular complexity index is 875. The standard InChI is InChI=1S/C25H38N6O.HI/c1-3-26-25(31-13-8-22(19-31)14-23-16-28-29(2)17-23)27-15-20-4-6-21(7-5-20)18-30-11-9-24(32)10-12-30;/h4-7,16-17,22,24,32H,3,8-15,18-19H2,1-2H3,(H,26,27);1H. The zero-order chi connectivity index (χ0) is 22.3. The van der Waals surface area contributed by atoms with Crippen molar-refractivity contribution in [1.82, 2.24) is 24.9 Å². The summed E-state index contributed by atoms with van der Waals surface area (Å²) < 4.78 is 1.88. The lowest BCUT2D eigenvalue weighted by Crippen LogP contribution is -2.40. The van der Waals surface area contributed by atoms with Gasteiger partial charge in [0, 0.05) is 52.5 Å². The van der Waals surface area contributed by atoms with Gasteiger partial charge in [0.25, 0.3) is 0 Å². The monoisotopic (exact) mass is 566 g/mol. The Morgan fingerprint density at radius 2 is 1.82 bits per heavy atom. The summed E-state index contributed by atoms with van der Waals surface area (Å²) in [6.07, 6.45) is 8.06. The maximum Gasteiger partial charge on any atom is 0.194 e. The number of likely N-dealkylation sites (tertiary alicyclic amines) is 2. The van der Waals surface area contributed by atoms with Gasteiger partial charge in [-0.25, -0.2) is 4.99 Å². The number of aryl methyl sites for hydroxylation is 1. The number of hydrogen-bond donors (Lipinski definition) is 2. The Morgan fingerprint density at radius 3 is 2.48 bits per heavy atom. The first-order chi connectivity index (χ1) is 15.6. The van der Waals surface area contributed by atoms with Gasteiger partial charge in [0.1, 0.15) is 0 Å². The second kappa shape index (κ2) is 12.7. The first-order valence-corrected chi connectivity index (χ1v) is 12.1. The molecule has 2 aliphatic rings. The molecule has 0 bridgehead atoms. The molecule has 2 aromatic rings. The fourth-order valence-electron chi connectivity index (χ4n) is 4.78. The van der Waals surface area contributed by atoms with Gasteiger partial charge in [-0.1, -0.05) is 24.3 Å². The Kier molecular flexibility index (Phi) is 10.0. The van der Waals surface area contributed by atoms with Crippen LogP contribution in [0.5, 0.6) is 0 Å². The Balaban J connectivity index is 0.00000306. The molecule has 2 fully saturated rings. The third-order valence-electron chi connectivity index (χ3n) is 6.60. The number of hydrogen-bond acceptors (Lipinski definition) is 4. The van der Waals surface area contributed by atoms with E-state index in [0.717, 1.165) is 64.5 Å². The maximum atomic E-state index is 9.68. The number of nitrogens with zero attached hydrogens (tertiary/aromatic N) is 5. The number of benzene rings is 1. The van der Waals surface area contributed by atoms with E-state index in [2.05, 4.69) is 57.6 Å². The van der Waals surface area contributed by atoms with Gasteiger partial charge < -0.3 is 15.3 Å². The summed E-state index contributed by atoms with van der Waals surface area (Å²) in [6, 6.07) is 8.86. The Labute approximate surface area is 215 Å². The lowest BCUT2D eigenvalue weighted by atomic mass is 10.0. The predicted octanol–water partition coefficient (Wildman–Crippen LogP) is 3.02. The van der Waals surface area contributed by atoms with Crippen molar-refractivity contribution in [1.29, 1.82) is 0 Å². The van der Waals surface area contributed by atoms with Gasteiger partial charge >= 0.3 is 0 Å². The van der Waals surface area contributed by atoms with Crippen molar-refractivity contribution in [3.05, 3.63) is 53.3 Å². The van der Waals surface area contributed by atoms with Crippen LogP contribution in [0.15, 0.2) is 41.7 Å². The molecule has 2 saturated heterocycles. The molecule has 0 saturated carbocycles. The average molecular weight is 567 g/mol. The number of aromatic nitrogens is 2. The number of halogens is 1. The molecule has 0 aliphatic carbocycles. The second-order valence-electron chi connectivity index (χ2n) is 9.32. The fourth-order valence-corrected chi connectivity index (χ4v) is 4.78. The molecule has 2 N–H and O–H groups in total. The summed E-state index contributed by atoms with van der Waals surface area (Å²) in [4.78, 5) is 9.78. The predicted molar refractivity (Wildman–Crippen MR) is 144 cm³/mol. The largest absolute Gasteiger partial charge is 0.393 e. The zero-order valence-corrected chi connectivity index (χ0v) is 22.3. The van der Waals surface area contributed by atoms with Gasteiger partial charge in [0.2, 0.25) is 0 Å². The van der Waals surface area contributed by atoms with Crippen molar-refractivity contribution in [3.63, 3.8) is 0 Å². The summed E-state index contributed by atoms with van der Waals surface area (Å²) in [5.41, 5.74) is 3.89. The van der Waals surface area contributed by atoms with Gasteiger partial charge in [0.15, 0.2) is 5.96 Å². The van der Waals surface area contributed by atoms with Gasteiger partial charge in [-0.2, -0.15) is 5.10 Å². The molecule has 2 aliphatic heterocycles. The lowest BCUT2D eigenvalue weighted by Gasteiger charge is -2.29. The van der Waals surface area contributed by atoms with E-state index in [1.807, 2.05) is 17.9 Å². The molecule has 33 heavy (non-hydrogen) atoms. The topological polar surface area (TPSA) is 68.9 Å². The van der Waals surface area contributed by atoms with E-state index in [-0.39, 0.29) is 30.1 Å². The van der Waals surface area contributed by atoms with Crippen LogP contribution in [0.3, 0.4) is 0 Å². The Morgan fingerprint density at radius 1 is 1.09 bits per heavy atom. The van der Waals surface area contributed by atoms with E-state index in [4.69, 9.17) is 4.99 Å². The van der Waals surface area contributed by atoms with Crippen LogP contribution in [0.4, 0.5) is 0 Å². The van der Waals surface area contributed by atoms with E-state index in [9.17, 15) is 5.11 Å². The number of piperidine rings is 1. The van der Waals surface area contributed by atoms with Gasteiger partial charge in [0.05, 0.1) is 18.8 Å². The number of aliphatic hydroxyl groups is 1. The SMILES string of the molecule is CCNC(=NCc1ccc(CN2CCC(O)CC2)cc1)N1CCC(Cc2cnn(C)c2)C1.I. The molecule has 4 rings (SSSR count). The van der Waals surface area contributed by atoms with Gasteiger partial charge in [-0.15, -0.1) is 24.0 Å². The minimum absolute atomic E-state index is 0. The summed E-state index contributed by atoms with van der Waals surface area (Å²) in [5.74, 6) is 1.68. The van der Waals surface area contributed by atoms with Gasteiger partial charge in [-0.05, 0) is 55.2 Å². The highest BCUT2D eigenvalue weighted by Crippen LogP contribution is 2.21. The lowest BCUT2D eigenvalue weighted by molar-refractivity contribution is 0.0792. The summed E-state index contributed by atoms with van der Waals surface area (Å²) in [7, 11) is 1.98. The van der Waals surface area contributed by atoms with Crippen molar-refractivity contribution in [2.75, 3.05) is 32.7 Å². The molecule has 8 heteroatoms. The first kappa shape index (κ1) is 26.0. The van der Waals surface area contributed by atoms with Crippen molar-refractivity contribution in [2.45, 2.75) is 51.8 Å². The van der Waals surface area contributed by atoms with Crippen LogP contribution in [0, 0.1) is 5.92 Å². The number of rotatable bonds is 7. The van der Waals surface area contributed by atoms with Crippen LogP contribution < -0.4 is 5.32 Å². The molecule has 0 amide bonds. The van der Waals surface area contributed by atoms with Crippen LogP contribution in [-0.4, -0.2) is 69.5 Å². The minimum Gasteiger partial charge on any atom is -0.393 e. The molecule has 0 radical (unpaired) electrons. The molecule has 1 unspecified atom stereocenters. The molecule has 182 valence electrons. The van der Waals surface area contributed by atoms with Crippen molar-refractivity contribution < 1.29 is 5.11 Å². The fraction of sp³-hybridized carbons (Fsp3) is 0.600. The number of aliphatic hydroxyl groups excluding tert-OH is 1. The second-order valence-corrected chi connectivity index (χ2v) is 9.32. The molecule has 1 aromatic heterocycles. The van der Waals surface area contributed by atoms with E-state index in [1.165, 1.54) is 23.1 Å². The number of nitrogens with one attached hydrogen (secondary N) is 1. The molecular formula is C25H39IN6O. The number of aliphatic imine (C=N–C) groups is 1. The smallest absolute Gasteiger partial charge is 0.194 e. The van der Waals surface area contributed by atoms with Crippen LogP contribution in [0.1, 0.15) is 42.9 Å². The third kappa shape index (κ3) is 7.68. The molecular weight excluding hydrogens is 527 g/mol. The van der Waals surface area contributed by atoms with Crippen LogP contribution in [0.2, 0.25) is 0 Å². The molecule has 1 atom stereocenters. The van der Waals surface area contributed by atoms with Crippen LogP contribution in [-0.2, 0) is 26.6 Å². The van der Waals surface area contributed by atoms with E-state index in [0.29, 0.717) is 12.5 Å². The zero-order valence-electron chi connectivity index (χ0n) is 20.0. The highest BCUT2D eigenvalue weighted by atomic mass is 127. The van der Waals surface area contributed by atoms with Crippen LogP contribution >= 0.6 is 24.0 Å². The van der Waals surface area contributed by atoms with E-state index >= 15 is 0 Å². The maximum absolute atomic E-state index is 9.68. The van der Waals surface area contributed by atoms with Gasteiger partial charge in [-0.3, -0.25) is 9.58 Å². The molecule has 3 heterocycles. The summed E-state index contributed by atoms with van der Waals surface area (Å²) in [5, 5.41) is 17.5. The molecule has 1 aromatic carbocycles. The quantitative estimate of drug-likeness (QED) is 0.307. The Hall–Kier alpha value is -1.65. The molecule has 7 nitrogen and oxygen atoms in total.